The first-order valence-corrected chi connectivity index (χ1v) is 8.32. The first-order chi connectivity index (χ1) is 9.36. The second-order valence-corrected chi connectivity index (χ2v) is 7.29. The highest BCUT2D eigenvalue weighted by Gasteiger charge is 2.08. The predicted molar refractivity (Wildman–Crippen MR) is 75.2 cm³/mol. The van der Waals surface area contributed by atoms with Gasteiger partial charge in [-0.15, -0.1) is 11.3 Å². The molecule has 1 N–H and O–H groups in total. The lowest BCUT2D eigenvalue weighted by Gasteiger charge is -2.05. The predicted octanol–water partition coefficient (Wildman–Crippen LogP) is 2.43. The number of thiophene rings is 1. The summed E-state index contributed by atoms with van der Waals surface area (Å²) in [5.74, 6) is -0.429. The van der Waals surface area contributed by atoms with Crippen molar-refractivity contribution in [2.45, 2.75) is 11.5 Å². The van der Waals surface area contributed by atoms with Crippen LogP contribution in [0.5, 0.6) is 5.75 Å². The minimum absolute atomic E-state index is 0.231. The Hall–Kier alpha value is -1.86. The van der Waals surface area contributed by atoms with Crippen molar-refractivity contribution in [3.8, 4) is 5.75 Å². The molecule has 7 heteroatoms. The second-order valence-electron chi connectivity index (χ2n) is 4.10. The van der Waals surface area contributed by atoms with Gasteiger partial charge in [-0.2, -0.15) is 0 Å². The molecule has 0 radical (unpaired) electrons. The molecule has 1 aromatic carbocycles. The summed E-state index contributed by atoms with van der Waals surface area (Å²) in [7, 11) is -3.21. The SMILES string of the molecule is CS(=O)(=O)c1ccc(OCc2ccc(C(=O)O)s2)cc1. The zero-order valence-corrected chi connectivity index (χ0v) is 12.2. The maximum Gasteiger partial charge on any atom is 0.345 e. The molecule has 0 bridgehead atoms. The van der Waals surface area contributed by atoms with Crippen molar-refractivity contribution >= 4 is 27.1 Å². The van der Waals surface area contributed by atoms with Crippen molar-refractivity contribution in [1.82, 2.24) is 0 Å². The first kappa shape index (κ1) is 14.5. The van der Waals surface area contributed by atoms with E-state index in [1.165, 1.54) is 18.2 Å². The summed E-state index contributed by atoms with van der Waals surface area (Å²) in [5, 5.41) is 8.80. The lowest BCUT2D eigenvalue weighted by atomic mass is 10.3. The molecule has 1 aromatic heterocycles. The van der Waals surface area contributed by atoms with Crippen LogP contribution in [0.1, 0.15) is 14.5 Å². The number of hydrogen-bond acceptors (Lipinski definition) is 5. The van der Waals surface area contributed by atoms with Gasteiger partial charge in [-0.25, -0.2) is 13.2 Å². The molecule has 2 aromatic rings. The lowest BCUT2D eigenvalue weighted by molar-refractivity contribution is 0.0702. The molecule has 2 rings (SSSR count). The van der Waals surface area contributed by atoms with E-state index in [9.17, 15) is 13.2 Å². The van der Waals surface area contributed by atoms with Crippen LogP contribution in [0.3, 0.4) is 0 Å². The minimum atomic E-state index is -3.21. The molecule has 0 aliphatic carbocycles. The van der Waals surface area contributed by atoms with Gasteiger partial charge in [0.2, 0.25) is 0 Å². The van der Waals surface area contributed by atoms with E-state index in [0.29, 0.717) is 5.75 Å². The van der Waals surface area contributed by atoms with Crippen LogP contribution in [0.2, 0.25) is 0 Å². The van der Waals surface area contributed by atoms with E-state index in [1.54, 1.807) is 18.2 Å². The van der Waals surface area contributed by atoms with E-state index in [2.05, 4.69) is 0 Å². The quantitative estimate of drug-likeness (QED) is 0.917. The first-order valence-electron chi connectivity index (χ1n) is 5.61. The molecule has 0 aliphatic heterocycles. The van der Waals surface area contributed by atoms with Gasteiger partial charge in [0.05, 0.1) is 4.90 Å². The Kier molecular flexibility index (Phi) is 4.10. The molecule has 0 aliphatic rings. The van der Waals surface area contributed by atoms with Gasteiger partial charge in [-0.05, 0) is 36.4 Å². The monoisotopic (exact) mass is 312 g/mol. The minimum Gasteiger partial charge on any atom is -0.488 e. The average molecular weight is 312 g/mol. The fraction of sp³-hybridized carbons (Fsp3) is 0.154. The number of hydrogen-bond donors (Lipinski definition) is 1. The molecule has 0 fully saturated rings. The van der Waals surface area contributed by atoms with Crippen molar-refractivity contribution in [3.63, 3.8) is 0 Å². The zero-order valence-electron chi connectivity index (χ0n) is 10.6. The third-order valence-electron chi connectivity index (χ3n) is 2.51. The Labute approximate surface area is 120 Å². The number of sulfone groups is 1. The average Bonchev–Trinajstić information content (AvgIpc) is 2.85. The number of carboxylic acids is 1. The fourth-order valence-corrected chi connectivity index (χ4v) is 2.90. The summed E-state index contributed by atoms with van der Waals surface area (Å²) < 4.78 is 28.1. The molecule has 1 heterocycles. The third-order valence-corrected chi connectivity index (χ3v) is 4.68. The molecule has 5 nitrogen and oxygen atoms in total. The van der Waals surface area contributed by atoms with Gasteiger partial charge in [0.1, 0.15) is 17.2 Å². The molecule has 0 amide bonds. The van der Waals surface area contributed by atoms with E-state index in [0.717, 1.165) is 22.5 Å². The van der Waals surface area contributed by atoms with Gasteiger partial charge in [0.15, 0.2) is 9.84 Å². The summed E-state index contributed by atoms with van der Waals surface area (Å²) in [4.78, 5) is 12.0. The Morgan fingerprint density at radius 2 is 1.85 bits per heavy atom. The van der Waals surface area contributed by atoms with Crippen LogP contribution in [0.4, 0.5) is 0 Å². The van der Waals surface area contributed by atoms with Crippen LogP contribution < -0.4 is 4.74 Å². The molecule has 0 unspecified atom stereocenters. The number of ether oxygens (including phenoxy) is 1. The smallest absolute Gasteiger partial charge is 0.345 e. The van der Waals surface area contributed by atoms with Crippen LogP contribution >= 0.6 is 11.3 Å². The summed E-state index contributed by atoms with van der Waals surface area (Å²) >= 11 is 1.15. The molecular formula is C13H12O5S2. The van der Waals surface area contributed by atoms with Gasteiger partial charge in [0, 0.05) is 11.1 Å². The largest absolute Gasteiger partial charge is 0.488 e. The number of aromatic carboxylic acids is 1. The van der Waals surface area contributed by atoms with E-state index < -0.39 is 15.8 Å². The zero-order chi connectivity index (χ0) is 14.8. The maximum absolute atomic E-state index is 11.3. The number of benzene rings is 1. The van der Waals surface area contributed by atoms with Crippen molar-refractivity contribution in [3.05, 3.63) is 46.2 Å². The van der Waals surface area contributed by atoms with Gasteiger partial charge >= 0.3 is 5.97 Å². The summed E-state index contributed by atoms with van der Waals surface area (Å²) in [6.45, 7) is 0.246. The highest BCUT2D eigenvalue weighted by molar-refractivity contribution is 7.90. The number of carbonyl (C=O) groups is 1. The third kappa shape index (κ3) is 3.58. The van der Waals surface area contributed by atoms with Crippen molar-refractivity contribution in [1.29, 1.82) is 0 Å². The van der Waals surface area contributed by atoms with Crippen molar-refractivity contribution in [2.24, 2.45) is 0 Å². The molecule has 0 spiro atoms. The summed E-state index contributed by atoms with van der Waals surface area (Å²) in [6, 6.07) is 9.31. The Morgan fingerprint density at radius 1 is 1.20 bits per heavy atom. The maximum atomic E-state index is 11.3. The Bertz CT molecular complexity index is 713. The summed E-state index contributed by atoms with van der Waals surface area (Å²) in [6.07, 6.45) is 1.14. The second kappa shape index (κ2) is 5.64. The van der Waals surface area contributed by atoms with E-state index in [1.807, 2.05) is 0 Å². The standard InChI is InChI=1S/C13H12O5S2/c1-20(16,17)11-5-2-9(3-6-11)18-8-10-4-7-12(19-10)13(14)15/h2-7H,8H2,1H3,(H,14,15). The van der Waals surface area contributed by atoms with Crippen LogP contribution in [-0.4, -0.2) is 25.7 Å². The topological polar surface area (TPSA) is 80.7 Å². The Balaban J connectivity index is 2.02. The fourth-order valence-electron chi connectivity index (χ4n) is 1.51. The normalized spacial score (nSPS) is 11.2. The molecule has 0 saturated heterocycles. The molecule has 106 valence electrons. The van der Waals surface area contributed by atoms with Crippen LogP contribution in [0, 0.1) is 0 Å². The van der Waals surface area contributed by atoms with Gasteiger partial charge < -0.3 is 9.84 Å². The van der Waals surface area contributed by atoms with E-state index >= 15 is 0 Å². The highest BCUT2D eigenvalue weighted by atomic mass is 32.2. The molecule has 0 atom stereocenters. The van der Waals surface area contributed by atoms with E-state index in [-0.39, 0.29) is 16.4 Å². The number of carboxylic acid groups (broad SMARTS) is 1. The highest BCUT2D eigenvalue weighted by Crippen LogP contribution is 2.20. The van der Waals surface area contributed by atoms with Crippen molar-refractivity contribution in [2.75, 3.05) is 6.26 Å². The van der Waals surface area contributed by atoms with E-state index in [4.69, 9.17) is 9.84 Å². The van der Waals surface area contributed by atoms with Crippen LogP contribution in [0.15, 0.2) is 41.3 Å². The van der Waals surface area contributed by atoms with Gasteiger partial charge in [0.25, 0.3) is 0 Å². The summed E-state index contributed by atoms with van der Waals surface area (Å²) in [5.41, 5.74) is 0. The van der Waals surface area contributed by atoms with Crippen LogP contribution in [0.25, 0.3) is 0 Å². The van der Waals surface area contributed by atoms with Gasteiger partial charge in [-0.3, -0.25) is 0 Å². The van der Waals surface area contributed by atoms with Crippen molar-refractivity contribution < 1.29 is 23.1 Å². The number of rotatable bonds is 5. The van der Waals surface area contributed by atoms with Gasteiger partial charge in [-0.1, -0.05) is 0 Å². The molecule has 0 saturated carbocycles. The molecular weight excluding hydrogens is 300 g/mol. The Morgan fingerprint density at radius 3 is 2.35 bits per heavy atom. The lowest BCUT2D eigenvalue weighted by Crippen LogP contribution is -1.97. The molecule has 20 heavy (non-hydrogen) atoms. The van der Waals surface area contributed by atoms with Crippen LogP contribution in [-0.2, 0) is 16.4 Å².